The Kier molecular flexibility index (Phi) is 3.11. The Balaban J connectivity index is 1.72. The van der Waals surface area contributed by atoms with E-state index in [0.717, 1.165) is 30.8 Å². The number of nitrogens with two attached hydrogens (primary N) is 1. The smallest absolute Gasteiger partial charge is 0.169 e. The number of rotatable bonds is 2. The molecule has 7 nitrogen and oxygen atoms in total. The molecular formula is C16H16N6O. The normalized spacial score (nSPS) is 13.8. The number of fused-ring (bicyclic) bond motifs is 1. The Morgan fingerprint density at radius 1 is 1.22 bits per heavy atom. The van der Waals surface area contributed by atoms with Gasteiger partial charge in [0.15, 0.2) is 5.82 Å². The summed E-state index contributed by atoms with van der Waals surface area (Å²) in [6, 6.07) is 8.94. The lowest BCUT2D eigenvalue weighted by Gasteiger charge is -2.29. The predicted molar refractivity (Wildman–Crippen MR) is 86.9 cm³/mol. The molecular weight excluding hydrogens is 292 g/mol. The molecule has 4 rings (SSSR count). The highest BCUT2D eigenvalue weighted by Gasteiger charge is 2.21. The second kappa shape index (κ2) is 5.28. The number of phenols is 1. The lowest BCUT2D eigenvalue weighted by Crippen LogP contribution is -2.31. The van der Waals surface area contributed by atoms with Gasteiger partial charge in [0.05, 0.1) is 17.6 Å². The van der Waals surface area contributed by atoms with Crippen molar-refractivity contribution in [2.75, 3.05) is 17.2 Å². The number of nitrogens with one attached hydrogen (secondary N) is 1. The number of anilines is 2. The Labute approximate surface area is 132 Å². The first-order valence-corrected chi connectivity index (χ1v) is 7.40. The molecule has 0 radical (unpaired) electrons. The number of hydrogen-bond acceptors (Lipinski definition) is 6. The van der Waals surface area contributed by atoms with Gasteiger partial charge in [-0.25, -0.2) is 0 Å². The number of nitrogen functional groups attached to an aromatic ring is 1. The Hall–Kier alpha value is -3.09. The van der Waals surface area contributed by atoms with Crippen molar-refractivity contribution in [3.63, 3.8) is 0 Å². The van der Waals surface area contributed by atoms with Crippen LogP contribution in [0, 0.1) is 0 Å². The van der Waals surface area contributed by atoms with Crippen molar-refractivity contribution >= 4 is 11.5 Å². The fraction of sp³-hybridized carbons (Fsp3) is 0.188. The topological polar surface area (TPSA) is 104 Å². The van der Waals surface area contributed by atoms with Gasteiger partial charge in [0, 0.05) is 36.3 Å². The number of nitrogens with zero attached hydrogens (tertiary/aromatic N) is 4. The number of hydrogen-bond donors (Lipinski definition) is 3. The molecule has 0 saturated heterocycles. The minimum atomic E-state index is 0.174. The molecule has 116 valence electrons. The molecule has 0 bridgehead atoms. The average molecular weight is 308 g/mol. The van der Waals surface area contributed by atoms with Crippen LogP contribution in [-0.4, -0.2) is 32.0 Å². The molecule has 1 aliphatic heterocycles. The number of H-pyrrole nitrogens is 1. The van der Waals surface area contributed by atoms with E-state index in [4.69, 9.17) is 5.73 Å². The minimum absolute atomic E-state index is 0.174. The molecule has 23 heavy (non-hydrogen) atoms. The van der Waals surface area contributed by atoms with Crippen LogP contribution in [0.25, 0.3) is 11.3 Å². The van der Waals surface area contributed by atoms with E-state index in [1.807, 2.05) is 24.4 Å². The Morgan fingerprint density at radius 3 is 2.96 bits per heavy atom. The molecule has 0 unspecified atom stereocenters. The van der Waals surface area contributed by atoms with Gasteiger partial charge in [0.25, 0.3) is 0 Å². The van der Waals surface area contributed by atoms with E-state index in [1.54, 1.807) is 12.1 Å². The molecule has 0 fully saturated rings. The molecule has 1 aromatic carbocycles. The first-order chi connectivity index (χ1) is 11.2. The fourth-order valence-corrected chi connectivity index (χ4v) is 2.89. The van der Waals surface area contributed by atoms with Crippen LogP contribution >= 0.6 is 0 Å². The van der Waals surface area contributed by atoms with Crippen LogP contribution in [0.1, 0.15) is 11.3 Å². The van der Waals surface area contributed by atoms with Gasteiger partial charge in [-0.2, -0.15) is 5.10 Å². The van der Waals surface area contributed by atoms with Crippen LogP contribution in [0.15, 0.2) is 36.5 Å². The van der Waals surface area contributed by atoms with E-state index in [0.29, 0.717) is 17.1 Å². The highest BCUT2D eigenvalue weighted by molar-refractivity contribution is 5.74. The number of aromatic amines is 1. The standard InChI is InChI=1S/C16H16N6O/c17-16-14(22-6-5-12-10(9-22)8-18-19-12)7-13(20-21-16)11-3-1-2-4-15(11)23/h1-4,7-8,23H,5-6,9H2,(H2,17,21)(H,18,19). The number of benzene rings is 1. The van der Waals surface area contributed by atoms with E-state index < -0.39 is 0 Å². The van der Waals surface area contributed by atoms with Gasteiger partial charge in [-0.3, -0.25) is 5.10 Å². The summed E-state index contributed by atoms with van der Waals surface area (Å²) in [6.07, 6.45) is 2.72. The molecule has 1 aliphatic rings. The number of phenolic OH excluding ortho intramolecular Hbond substituents is 1. The van der Waals surface area contributed by atoms with E-state index >= 15 is 0 Å². The third-order valence-corrected chi connectivity index (χ3v) is 4.12. The van der Waals surface area contributed by atoms with E-state index in [1.165, 1.54) is 5.69 Å². The van der Waals surface area contributed by atoms with Gasteiger partial charge >= 0.3 is 0 Å². The molecule has 2 aromatic heterocycles. The van der Waals surface area contributed by atoms with Crippen molar-refractivity contribution in [2.24, 2.45) is 0 Å². The Morgan fingerprint density at radius 2 is 2.09 bits per heavy atom. The third-order valence-electron chi connectivity index (χ3n) is 4.12. The zero-order chi connectivity index (χ0) is 15.8. The van der Waals surface area contributed by atoms with Crippen LogP contribution in [-0.2, 0) is 13.0 Å². The van der Waals surface area contributed by atoms with Gasteiger partial charge < -0.3 is 15.7 Å². The quantitative estimate of drug-likeness (QED) is 0.666. The van der Waals surface area contributed by atoms with Crippen LogP contribution in [0.2, 0.25) is 0 Å². The summed E-state index contributed by atoms with van der Waals surface area (Å²) in [4.78, 5) is 2.16. The summed E-state index contributed by atoms with van der Waals surface area (Å²) in [5, 5.41) is 25.3. The summed E-state index contributed by atoms with van der Waals surface area (Å²) in [5.41, 5.74) is 10.4. The first-order valence-electron chi connectivity index (χ1n) is 7.40. The van der Waals surface area contributed by atoms with E-state index in [9.17, 15) is 5.11 Å². The minimum Gasteiger partial charge on any atom is -0.507 e. The van der Waals surface area contributed by atoms with Gasteiger partial charge in [-0.15, -0.1) is 10.2 Å². The number of para-hydroxylation sites is 1. The average Bonchev–Trinajstić information content (AvgIpc) is 3.03. The van der Waals surface area contributed by atoms with Crippen LogP contribution in [0.5, 0.6) is 5.75 Å². The molecule has 0 atom stereocenters. The lowest BCUT2D eigenvalue weighted by molar-refractivity contribution is 0.477. The molecule has 0 saturated carbocycles. The van der Waals surface area contributed by atoms with E-state index in [-0.39, 0.29) is 5.75 Å². The highest BCUT2D eigenvalue weighted by atomic mass is 16.3. The maximum Gasteiger partial charge on any atom is 0.169 e. The summed E-state index contributed by atoms with van der Waals surface area (Å²) < 4.78 is 0. The zero-order valence-electron chi connectivity index (χ0n) is 12.4. The van der Waals surface area contributed by atoms with Gasteiger partial charge in [-0.05, 0) is 18.2 Å². The third kappa shape index (κ3) is 2.36. The van der Waals surface area contributed by atoms with Gasteiger partial charge in [-0.1, -0.05) is 12.1 Å². The lowest BCUT2D eigenvalue weighted by atomic mass is 10.1. The van der Waals surface area contributed by atoms with Crippen LogP contribution in [0.3, 0.4) is 0 Å². The molecule has 0 aliphatic carbocycles. The van der Waals surface area contributed by atoms with Crippen molar-refractivity contribution in [3.8, 4) is 17.0 Å². The molecule has 3 heterocycles. The van der Waals surface area contributed by atoms with Crippen molar-refractivity contribution in [3.05, 3.63) is 47.8 Å². The summed E-state index contributed by atoms with van der Waals surface area (Å²) in [6.45, 7) is 1.55. The largest absolute Gasteiger partial charge is 0.507 e. The molecule has 7 heteroatoms. The summed E-state index contributed by atoms with van der Waals surface area (Å²) >= 11 is 0. The van der Waals surface area contributed by atoms with Crippen molar-refractivity contribution < 1.29 is 5.11 Å². The number of aromatic nitrogens is 4. The van der Waals surface area contributed by atoms with Crippen molar-refractivity contribution in [1.82, 2.24) is 20.4 Å². The predicted octanol–water partition coefficient (Wildman–Crippen LogP) is 1.72. The fourth-order valence-electron chi connectivity index (χ4n) is 2.89. The van der Waals surface area contributed by atoms with E-state index in [2.05, 4.69) is 25.3 Å². The maximum absolute atomic E-state index is 10.0. The first kappa shape index (κ1) is 13.6. The molecule has 4 N–H and O–H groups in total. The van der Waals surface area contributed by atoms with Gasteiger partial charge in [0.2, 0.25) is 0 Å². The van der Waals surface area contributed by atoms with Crippen molar-refractivity contribution in [1.29, 1.82) is 0 Å². The maximum atomic E-state index is 10.0. The second-order valence-electron chi connectivity index (χ2n) is 5.56. The number of aromatic hydroxyl groups is 1. The summed E-state index contributed by atoms with van der Waals surface area (Å²) in [5.74, 6) is 0.560. The highest BCUT2D eigenvalue weighted by Crippen LogP contribution is 2.32. The molecule has 0 spiro atoms. The molecule has 0 amide bonds. The van der Waals surface area contributed by atoms with Crippen molar-refractivity contribution in [2.45, 2.75) is 13.0 Å². The zero-order valence-corrected chi connectivity index (χ0v) is 12.4. The monoisotopic (exact) mass is 308 g/mol. The molecule has 3 aromatic rings. The second-order valence-corrected chi connectivity index (χ2v) is 5.56. The summed E-state index contributed by atoms with van der Waals surface area (Å²) in [7, 11) is 0. The van der Waals surface area contributed by atoms with Crippen LogP contribution in [0.4, 0.5) is 11.5 Å². The van der Waals surface area contributed by atoms with Crippen LogP contribution < -0.4 is 10.6 Å². The Bertz CT molecular complexity index is 859. The van der Waals surface area contributed by atoms with Gasteiger partial charge in [0.1, 0.15) is 5.75 Å². The SMILES string of the molecule is Nc1nnc(-c2ccccc2O)cc1N1CCc2[nH]ncc2C1.